The largest absolute Gasteiger partial charge is 3.00 e. The smallest absolute Gasteiger partial charge is 0.358 e. The second-order valence-electron chi connectivity index (χ2n) is 3.56. The molecule has 0 bridgehead atoms. The number of fused-ring (bicyclic) bond motifs is 1. The summed E-state index contributed by atoms with van der Waals surface area (Å²) in [5.41, 5.74) is 4.12. The molecule has 2 rings (SSSR count). The topological polar surface area (TPSA) is 0 Å². The molecule has 1 heteroatoms. The first-order valence-corrected chi connectivity index (χ1v) is 4.32. The first-order chi connectivity index (χ1) is 5.68. The monoisotopic (exact) mass is 277 g/mol. The summed E-state index contributed by atoms with van der Waals surface area (Å²) in [4.78, 5) is 0. The van der Waals surface area contributed by atoms with Gasteiger partial charge in [0.05, 0.1) is 0 Å². The van der Waals surface area contributed by atoms with Crippen molar-refractivity contribution in [3.8, 4) is 0 Å². The summed E-state index contributed by atoms with van der Waals surface area (Å²) in [7, 11) is 0. The van der Waals surface area contributed by atoms with Gasteiger partial charge in [-0.05, 0) is 6.92 Å². The van der Waals surface area contributed by atoms with E-state index in [2.05, 4.69) is 45.0 Å². The quantitative estimate of drug-likeness (QED) is 0.627. The van der Waals surface area contributed by atoms with E-state index in [0.717, 1.165) is 0 Å². The Bertz CT molecular complexity index is 385. The van der Waals surface area contributed by atoms with E-state index in [-0.39, 0.29) is 41.1 Å². The Labute approximate surface area is 113 Å². The van der Waals surface area contributed by atoms with E-state index in [1.165, 1.54) is 27.5 Å². The minimum absolute atomic E-state index is 0. The van der Waals surface area contributed by atoms with Crippen molar-refractivity contribution in [1.82, 2.24) is 0 Å². The first-order valence-electron chi connectivity index (χ1n) is 4.32. The van der Waals surface area contributed by atoms with Gasteiger partial charge in [-0.2, -0.15) is 6.07 Å². The average molecular weight is 279 g/mol. The van der Waals surface area contributed by atoms with Crippen LogP contribution >= 0.6 is 0 Å². The van der Waals surface area contributed by atoms with Crippen molar-refractivity contribution in [2.45, 2.75) is 20.8 Å². The van der Waals surface area contributed by atoms with Crippen molar-refractivity contribution >= 4 is 10.8 Å². The maximum Gasteiger partial charge on any atom is 3.00 e. The third-order valence-corrected chi connectivity index (χ3v) is 2.47. The zero-order valence-electron chi connectivity index (χ0n) is 10.3. The number of hydrogen-bond acceptors (Lipinski definition) is 0. The second-order valence-corrected chi connectivity index (χ2v) is 3.56. The van der Waals surface area contributed by atoms with Crippen molar-refractivity contribution in [3.05, 3.63) is 55.8 Å². The van der Waals surface area contributed by atoms with Gasteiger partial charge in [-0.3, -0.25) is 0 Å². The summed E-state index contributed by atoms with van der Waals surface area (Å²) in [6.07, 6.45) is 0. The van der Waals surface area contributed by atoms with Gasteiger partial charge < -0.3 is 14.9 Å². The summed E-state index contributed by atoms with van der Waals surface area (Å²) in [5.74, 6) is 0. The number of hydrogen-bond donors (Lipinski definition) is 0. The Morgan fingerprint density at radius 2 is 1.47 bits per heavy atom. The molecule has 2 aromatic carbocycles. The zero-order chi connectivity index (χ0) is 8.72. The maximum absolute atomic E-state index is 2.26. The van der Waals surface area contributed by atoms with E-state index in [0.29, 0.717) is 0 Å². The van der Waals surface area contributed by atoms with Crippen molar-refractivity contribution in [3.63, 3.8) is 0 Å². The van der Waals surface area contributed by atoms with Crippen LogP contribution in [-0.4, -0.2) is 0 Å². The fraction of sp³-hybridized carbons (Fsp3) is 0.214. The van der Waals surface area contributed by atoms with Crippen molar-refractivity contribution in [2.24, 2.45) is 0 Å². The van der Waals surface area contributed by atoms with E-state index in [9.17, 15) is 0 Å². The van der Waals surface area contributed by atoms with Crippen LogP contribution in [0.2, 0.25) is 0 Å². The van der Waals surface area contributed by atoms with Gasteiger partial charge in [0, 0.05) is 0 Å². The second kappa shape index (κ2) is 6.33. The number of aryl methyl sites for hydroxylation is 3. The Hall–Kier alpha value is -0.287. The number of benzene rings is 1. The molecule has 0 amide bonds. The van der Waals surface area contributed by atoms with Crippen molar-refractivity contribution in [2.75, 3.05) is 0 Å². The summed E-state index contributed by atoms with van der Waals surface area (Å²) < 4.78 is 0. The predicted molar refractivity (Wildman–Crippen MR) is 66.6 cm³/mol. The van der Waals surface area contributed by atoms with Gasteiger partial charge in [-0.1, -0.05) is 25.5 Å². The SMILES string of the molecule is Cc1cc2c(C)ccc(C)c2[cH-]1.[CH3-].[CH3-].[Zr+3]. The van der Waals surface area contributed by atoms with Crippen LogP contribution in [0.15, 0.2) is 24.3 Å². The minimum Gasteiger partial charge on any atom is -0.358 e. The normalized spacial score (nSPS) is 8.73. The molecule has 0 nitrogen and oxygen atoms in total. The molecule has 0 aliphatic heterocycles. The molecule has 0 aliphatic rings. The van der Waals surface area contributed by atoms with Gasteiger partial charge in [0.2, 0.25) is 0 Å². The molecular formula is C14H19Zr. The molecule has 0 aliphatic carbocycles. The molecule has 15 heavy (non-hydrogen) atoms. The molecule has 1 radical (unpaired) electrons. The first kappa shape index (κ1) is 17.1. The fourth-order valence-electron chi connectivity index (χ4n) is 1.73. The van der Waals surface area contributed by atoms with Crippen LogP contribution in [0, 0.1) is 35.6 Å². The van der Waals surface area contributed by atoms with E-state index in [1.807, 2.05) is 0 Å². The average Bonchev–Trinajstić information content (AvgIpc) is 2.41. The number of rotatable bonds is 0. The maximum atomic E-state index is 2.26. The van der Waals surface area contributed by atoms with Crippen LogP contribution in [0.4, 0.5) is 0 Å². The molecule has 0 aromatic heterocycles. The van der Waals surface area contributed by atoms with E-state index in [4.69, 9.17) is 0 Å². The zero-order valence-corrected chi connectivity index (χ0v) is 12.8. The summed E-state index contributed by atoms with van der Waals surface area (Å²) in [5, 5.41) is 2.82. The Morgan fingerprint density at radius 1 is 0.933 bits per heavy atom. The van der Waals surface area contributed by atoms with Crippen molar-refractivity contribution < 1.29 is 26.2 Å². The Morgan fingerprint density at radius 3 is 2.00 bits per heavy atom. The van der Waals surface area contributed by atoms with Gasteiger partial charge >= 0.3 is 26.2 Å². The fourth-order valence-corrected chi connectivity index (χ4v) is 1.73. The third-order valence-electron chi connectivity index (χ3n) is 2.47. The van der Waals surface area contributed by atoms with Crippen LogP contribution in [0.25, 0.3) is 10.8 Å². The van der Waals surface area contributed by atoms with Gasteiger partial charge in [0.15, 0.2) is 0 Å². The van der Waals surface area contributed by atoms with Crippen LogP contribution in [-0.2, 0) is 26.2 Å². The molecule has 0 N–H and O–H groups in total. The van der Waals surface area contributed by atoms with Crippen LogP contribution in [0.5, 0.6) is 0 Å². The molecule has 0 unspecified atom stereocenters. The molecular weight excluding hydrogens is 259 g/mol. The predicted octanol–water partition coefficient (Wildman–Crippen LogP) is 4.38. The summed E-state index contributed by atoms with van der Waals surface area (Å²) in [6.45, 7) is 6.49. The van der Waals surface area contributed by atoms with Crippen molar-refractivity contribution in [1.29, 1.82) is 0 Å². The van der Waals surface area contributed by atoms with Gasteiger partial charge in [-0.25, -0.2) is 0 Å². The molecule has 0 heterocycles. The molecule has 0 fully saturated rings. The molecule has 0 atom stereocenters. The third kappa shape index (κ3) is 3.08. The molecule has 2 aromatic rings. The van der Waals surface area contributed by atoms with Gasteiger partial charge in [-0.15, -0.1) is 34.0 Å². The van der Waals surface area contributed by atoms with Crippen LogP contribution < -0.4 is 0 Å². The van der Waals surface area contributed by atoms with Crippen LogP contribution in [0.1, 0.15) is 16.7 Å². The Kier molecular flexibility index (Phi) is 7.22. The van der Waals surface area contributed by atoms with Gasteiger partial charge in [0.1, 0.15) is 0 Å². The standard InChI is InChI=1S/C12H13.2CH3.Zr/c1-8-6-11-9(2)4-5-10(3)12(11)7-8;;;/h4-7H,1-3H3;2*1H3;/q3*-1;+3. The Balaban J connectivity index is 0. The van der Waals surface area contributed by atoms with Crippen LogP contribution in [0.3, 0.4) is 0 Å². The van der Waals surface area contributed by atoms with E-state index in [1.54, 1.807) is 0 Å². The summed E-state index contributed by atoms with van der Waals surface area (Å²) >= 11 is 0. The molecule has 0 spiro atoms. The van der Waals surface area contributed by atoms with Gasteiger partial charge in [0.25, 0.3) is 0 Å². The molecule has 79 valence electrons. The summed E-state index contributed by atoms with van der Waals surface area (Å²) in [6, 6.07) is 8.91. The van der Waals surface area contributed by atoms with E-state index >= 15 is 0 Å². The van der Waals surface area contributed by atoms with E-state index < -0.39 is 0 Å². The molecule has 0 saturated heterocycles. The molecule has 0 saturated carbocycles. The minimum atomic E-state index is 0.